The standard InChI is InChI=1S/C103H106O2Si2/c1-72(2)106(73(3)4,74(5)6)62-59-88-64-86(66-96(68-88)102(14,15)16)43-41-82-33-29-80(30-34-82)37-39-84-47-55-91(56-48-84)98-70-95(90-53-45-79(46-54-90)24-23-61-105-101(104)94-25-21-20-22-26-94)71-99(100(98)93-51-27-78(13)28-52-93)92-57-49-85(50-58-92)40-38-81-31-35-83(36-32-81)42-44-87-65-89(69-97(67-87)103(17,18)19)60-63-107(75(7)8,76(9)10)77(11)12/h20-22,25-36,45-58,64-77H,23-24,61H2,1-19H3. The molecule has 0 atom stereocenters. The summed E-state index contributed by atoms with van der Waals surface area (Å²) >= 11 is 0. The smallest absolute Gasteiger partial charge is 0.338 e. The first-order chi connectivity index (χ1) is 51.0. The molecule has 0 bridgehead atoms. The number of carbonyl (C=O) groups excluding carboxylic acids is 1. The topological polar surface area (TPSA) is 26.3 Å². The molecule has 0 spiro atoms. The van der Waals surface area contributed by atoms with E-state index in [9.17, 15) is 4.79 Å². The summed E-state index contributed by atoms with van der Waals surface area (Å²) in [6.07, 6.45) is 1.50. The molecule has 0 fully saturated rings. The number of aryl methyl sites for hydroxylation is 2. The van der Waals surface area contributed by atoms with Gasteiger partial charge >= 0.3 is 5.97 Å². The van der Waals surface area contributed by atoms with Gasteiger partial charge in [-0.25, -0.2) is 4.79 Å². The van der Waals surface area contributed by atoms with Gasteiger partial charge in [0.25, 0.3) is 0 Å². The second-order valence-electron chi connectivity index (χ2n) is 32.8. The van der Waals surface area contributed by atoms with Crippen LogP contribution >= 0.6 is 0 Å². The number of carbonyl (C=O) groups is 1. The molecule has 2 nitrogen and oxygen atoms in total. The Kier molecular flexibility index (Phi) is 25.7. The maximum absolute atomic E-state index is 12.7. The van der Waals surface area contributed by atoms with Gasteiger partial charge in [0.1, 0.15) is 16.1 Å². The van der Waals surface area contributed by atoms with Crippen molar-refractivity contribution in [3.8, 4) is 115 Å². The van der Waals surface area contributed by atoms with E-state index >= 15 is 0 Å². The van der Waals surface area contributed by atoms with Crippen molar-refractivity contribution in [1.82, 2.24) is 0 Å². The van der Waals surface area contributed by atoms with Crippen molar-refractivity contribution in [2.24, 2.45) is 0 Å². The van der Waals surface area contributed by atoms with Crippen molar-refractivity contribution in [2.75, 3.05) is 6.61 Å². The average Bonchev–Trinajstić information content (AvgIpc) is 0.762. The summed E-state index contributed by atoms with van der Waals surface area (Å²) in [5.74, 6) is 34.8. The van der Waals surface area contributed by atoms with Crippen LogP contribution in [0.5, 0.6) is 0 Å². The van der Waals surface area contributed by atoms with Gasteiger partial charge in [-0.1, -0.05) is 280 Å². The van der Waals surface area contributed by atoms with Crippen LogP contribution in [0.4, 0.5) is 0 Å². The van der Waals surface area contributed by atoms with Gasteiger partial charge in [-0.15, -0.1) is 11.1 Å². The lowest BCUT2D eigenvalue weighted by Crippen LogP contribution is -2.43. The van der Waals surface area contributed by atoms with Crippen LogP contribution < -0.4 is 0 Å². The predicted octanol–water partition coefficient (Wildman–Crippen LogP) is 25.8. The predicted molar refractivity (Wildman–Crippen MR) is 461 cm³/mol. The van der Waals surface area contributed by atoms with Crippen molar-refractivity contribution in [2.45, 2.75) is 188 Å². The zero-order valence-corrected chi connectivity index (χ0v) is 68.8. The number of benzene rings is 10. The Bertz CT molecular complexity index is 4890. The molecular weight excluding hydrogens is 1330 g/mol. The summed E-state index contributed by atoms with van der Waals surface area (Å²) < 4.78 is 5.64. The monoisotopic (exact) mass is 1430 g/mol. The highest BCUT2D eigenvalue weighted by molar-refractivity contribution is 6.91. The minimum absolute atomic E-state index is 0.0491. The van der Waals surface area contributed by atoms with Crippen molar-refractivity contribution in [1.29, 1.82) is 0 Å². The Hall–Kier alpha value is -10.5. The fraction of sp³-hybridized carbons (Fsp3) is 0.291. The maximum atomic E-state index is 12.7. The molecule has 0 aliphatic carbocycles. The zero-order chi connectivity index (χ0) is 76.8. The van der Waals surface area contributed by atoms with Crippen molar-refractivity contribution in [3.05, 3.63) is 308 Å². The van der Waals surface area contributed by atoms with E-state index in [0.717, 1.165) is 107 Å². The van der Waals surface area contributed by atoms with Gasteiger partial charge in [0.2, 0.25) is 0 Å². The molecule has 538 valence electrons. The Morgan fingerprint density at radius 3 is 0.981 bits per heavy atom. The molecule has 0 aromatic heterocycles. The Morgan fingerprint density at radius 2 is 0.645 bits per heavy atom. The fourth-order valence-electron chi connectivity index (χ4n) is 15.2. The fourth-order valence-corrected chi connectivity index (χ4v) is 25.7. The first-order valence-electron chi connectivity index (χ1n) is 38.4. The summed E-state index contributed by atoms with van der Waals surface area (Å²) in [5, 5.41) is 0. The van der Waals surface area contributed by atoms with Gasteiger partial charge in [-0.2, -0.15) is 0 Å². The van der Waals surface area contributed by atoms with Crippen LogP contribution in [0.25, 0.3) is 44.5 Å². The van der Waals surface area contributed by atoms with E-state index in [1.54, 1.807) is 12.1 Å². The third-order valence-electron chi connectivity index (χ3n) is 21.4. The Balaban J connectivity index is 0.934. The molecular formula is C103H106O2Si2. The number of hydrogen-bond acceptors (Lipinski definition) is 2. The minimum atomic E-state index is -1.92. The largest absolute Gasteiger partial charge is 0.462 e. The van der Waals surface area contributed by atoms with Gasteiger partial charge in [-0.05, 0) is 259 Å². The number of esters is 1. The van der Waals surface area contributed by atoms with E-state index in [1.165, 1.54) is 22.3 Å². The molecule has 0 aliphatic rings. The Morgan fingerprint density at radius 1 is 0.336 bits per heavy atom. The van der Waals surface area contributed by atoms with Crippen LogP contribution in [0.2, 0.25) is 33.2 Å². The first-order valence-corrected chi connectivity index (χ1v) is 42.9. The normalized spacial score (nSPS) is 11.5. The third-order valence-corrected chi connectivity index (χ3v) is 33.9. The lowest BCUT2D eigenvalue weighted by atomic mass is 9.84. The Labute approximate surface area is 645 Å². The summed E-state index contributed by atoms with van der Waals surface area (Å²) in [4.78, 5) is 12.7. The second kappa shape index (κ2) is 34.8. The summed E-state index contributed by atoms with van der Waals surface area (Å²) in [6, 6.07) is 78.7. The molecule has 10 aromatic carbocycles. The van der Waals surface area contributed by atoms with Crippen LogP contribution in [0.3, 0.4) is 0 Å². The molecule has 10 rings (SSSR count). The second-order valence-corrected chi connectivity index (χ2v) is 44.0. The quantitative estimate of drug-likeness (QED) is 0.0443. The highest BCUT2D eigenvalue weighted by Crippen LogP contribution is 2.45. The third kappa shape index (κ3) is 19.9. The lowest BCUT2D eigenvalue weighted by molar-refractivity contribution is 0.0500. The number of rotatable bonds is 15. The molecule has 0 N–H and O–H groups in total. The SMILES string of the molecule is Cc1ccc(-c2c(-c3ccc(C#Cc4ccc(C#Cc5cc(C#C[Si](C(C)C)(C(C)C)C(C)C)cc(C(C)(C)C)c5)cc4)cc3)cc(-c3ccc(CCCOC(=O)c4ccccc4)cc3)cc2-c2ccc(C#Cc3ccc(C#Cc4cc(C#C[Si](C(C)C)(C(C)C)C(C)C)cc(C(C)(C)C)c4)cc3)cc2)cc1. The number of hydrogen-bond donors (Lipinski definition) is 0. The van der Waals surface area contributed by atoms with Crippen LogP contribution in [-0.2, 0) is 22.0 Å². The van der Waals surface area contributed by atoms with E-state index < -0.39 is 16.1 Å². The van der Waals surface area contributed by atoms with E-state index in [4.69, 9.17) is 4.74 Å². The molecule has 0 radical (unpaired) electrons. The van der Waals surface area contributed by atoms with Crippen LogP contribution in [0.15, 0.2) is 224 Å². The van der Waals surface area contributed by atoms with Gasteiger partial charge in [-0.3, -0.25) is 0 Å². The van der Waals surface area contributed by atoms with E-state index in [0.29, 0.717) is 51.8 Å². The summed E-state index contributed by atoms with van der Waals surface area (Å²) in [5.41, 5.74) is 34.9. The number of ether oxygens (including phenoxy) is 1. The van der Waals surface area contributed by atoms with E-state index in [1.807, 2.05) is 18.2 Å². The van der Waals surface area contributed by atoms with Gasteiger partial charge in [0, 0.05) is 55.6 Å². The van der Waals surface area contributed by atoms with Crippen molar-refractivity contribution < 1.29 is 9.53 Å². The summed E-state index contributed by atoms with van der Waals surface area (Å²) in [7, 11) is -3.83. The van der Waals surface area contributed by atoms with Crippen molar-refractivity contribution >= 4 is 22.1 Å². The molecule has 0 saturated carbocycles. The van der Waals surface area contributed by atoms with Gasteiger partial charge < -0.3 is 4.74 Å². The molecule has 0 amide bonds. The van der Waals surface area contributed by atoms with Gasteiger partial charge in [0.05, 0.1) is 12.2 Å². The molecule has 0 saturated heterocycles. The molecule has 0 aliphatic heterocycles. The minimum Gasteiger partial charge on any atom is -0.462 e. The zero-order valence-electron chi connectivity index (χ0n) is 66.8. The van der Waals surface area contributed by atoms with E-state index in [-0.39, 0.29) is 16.8 Å². The molecule has 0 heterocycles. The van der Waals surface area contributed by atoms with Crippen LogP contribution in [-0.4, -0.2) is 28.7 Å². The first kappa shape index (κ1) is 79.0. The van der Waals surface area contributed by atoms with Crippen LogP contribution in [0, 0.1) is 77.2 Å². The molecule has 4 heteroatoms. The average molecular weight is 1430 g/mol. The van der Waals surface area contributed by atoms with Crippen LogP contribution in [0.1, 0.15) is 219 Å². The highest BCUT2D eigenvalue weighted by Gasteiger charge is 2.43. The lowest BCUT2D eigenvalue weighted by Gasteiger charge is -2.38. The molecule has 10 aromatic rings. The van der Waals surface area contributed by atoms with Crippen molar-refractivity contribution in [3.63, 3.8) is 0 Å². The molecule has 107 heavy (non-hydrogen) atoms. The van der Waals surface area contributed by atoms with E-state index in [2.05, 4.69) is 396 Å². The highest BCUT2D eigenvalue weighted by atomic mass is 28.3. The summed E-state index contributed by atoms with van der Waals surface area (Å²) in [6.45, 7) is 44.4. The molecule has 0 unspecified atom stereocenters. The van der Waals surface area contributed by atoms with Gasteiger partial charge in [0.15, 0.2) is 0 Å². The maximum Gasteiger partial charge on any atom is 0.338 e.